The number of piperidine rings is 1. The zero-order valence-electron chi connectivity index (χ0n) is 7.34. The van der Waals surface area contributed by atoms with Crippen LogP contribution in [0.25, 0.3) is 0 Å². The molecule has 1 atom stereocenters. The topological polar surface area (TPSA) is 20.3 Å². The van der Waals surface area contributed by atoms with Gasteiger partial charge in [0, 0.05) is 6.54 Å². The van der Waals surface area contributed by atoms with Gasteiger partial charge in [-0.1, -0.05) is 6.42 Å². The molecular weight excluding hydrogens is 157 g/mol. The summed E-state index contributed by atoms with van der Waals surface area (Å²) in [5, 5.41) is 0. The highest BCUT2D eigenvalue weighted by Crippen LogP contribution is 2.09. The minimum absolute atomic E-state index is 0.365. The molecule has 0 saturated carbocycles. The van der Waals surface area contributed by atoms with Crippen molar-refractivity contribution < 1.29 is 9.18 Å². The summed E-state index contributed by atoms with van der Waals surface area (Å²) in [6.07, 6.45) is 3.24. The summed E-state index contributed by atoms with van der Waals surface area (Å²) >= 11 is 0. The highest BCUT2D eigenvalue weighted by atomic mass is 19.1. The minimum Gasteiger partial charge on any atom is -0.303 e. The molecule has 1 rings (SSSR count). The van der Waals surface area contributed by atoms with Gasteiger partial charge in [0.2, 0.25) is 0 Å². The molecule has 0 spiro atoms. The summed E-state index contributed by atoms with van der Waals surface area (Å²) in [6, 6.07) is 0. The van der Waals surface area contributed by atoms with E-state index in [-0.39, 0.29) is 0 Å². The second-order valence-corrected chi connectivity index (χ2v) is 3.34. The fourth-order valence-electron chi connectivity index (χ4n) is 1.56. The number of aldehydes is 1. The molecule has 1 heterocycles. The van der Waals surface area contributed by atoms with Crippen molar-refractivity contribution in [2.45, 2.75) is 31.9 Å². The van der Waals surface area contributed by atoms with Crippen LogP contribution in [0.5, 0.6) is 0 Å². The van der Waals surface area contributed by atoms with E-state index in [0.717, 1.165) is 19.6 Å². The third-order valence-corrected chi connectivity index (χ3v) is 2.32. The predicted octanol–water partition coefficient (Wildman–Crippen LogP) is 1.40. The van der Waals surface area contributed by atoms with Crippen molar-refractivity contribution in [3.63, 3.8) is 0 Å². The molecule has 0 aliphatic carbocycles. The van der Waals surface area contributed by atoms with Crippen molar-refractivity contribution in [1.82, 2.24) is 4.90 Å². The summed E-state index contributed by atoms with van der Waals surface area (Å²) in [6.45, 7) is 2.89. The molecule has 1 aliphatic heterocycles. The van der Waals surface area contributed by atoms with Crippen molar-refractivity contribution in [2.24, 2.45) is 0 Å². The maximum absolute atomic E-state index is 12.5. The minimum atomic E-state index is -1.26. The maximum atomic E-state index is 12.5. The smallest absolute Gasteiger partial charge is 0.156 e. The zero-order valence-corrected chi connectivity index (χ0v) is 7.34. The number of likely N-dealkylation sites (tertiary alicyclic amines) is 1. The van der Waals surface area contributed by atoms with Crippen LogP contribution >= 0.6 is 0 Å². The molecule has 0 aromatic heterocycles. The second kappa shape index (κ2) is 5.25. The highest BCUT2D eigenvalue weighted by molar-refractivity contribution is 5.55. The van der Waals surface area contributed by atoms with E-state index in [4.69, 9.17) is 0 Å². The van der Waals surface area contributed by atoms with E-state index in [1.807, 2.05) is 0 Å². The van der Waals surface area contributed by atoms with E-state index in [1.54, 1.807) is 0 Å². The van der Waals surface area contributed by atoms with Gasteiger partial charge < -0.3 is 9.69 Å². The molecule has 0 amide bonds. The van der Waals surface area contributed by atoms with Gasteiger partial charge >= 0.3 is 0 Å². The first kappa shape index (κ1) is 9.65. The lowest BCUT2D eigenvalue weighted by Gasteiger charge is -2.26. The van der Waals surface area contributed by atoms with Crippen LogP contribution in [-0.2, 0) is 4.79 Å². The normalized spacial score (nSPS) is 22.1. The quantitative estimate of drug-likeness (QED) is 0.599. The van der Waals surface area contributed by atoms with Gasteiger partial charge in [0.1, 0.15) is 0 Å². The number of alkyl halides is 1. The largest absolute Gasteiger partial charge is 0.303 e. The van der Waals surface area contributed by atoms with Gasteiger partial charge in [-0.3, -0.25) is 0 Å². The standard InChI is InChI=1S/C9H16FNO/c10-9(8-12)4-7-11-5-2-1-3-6-11/h8-9H,1-7H2. The molecule has 12 heavy (non-hydrogen) atoms. The van der Waals surface area contributed by atoms with Gasteiger partial charge in [0.25, 0.3) is 0 Å². The lowest BCUT2D eigenvalue weighted by Crippen LogP contribution is -2.31. The van der Waals surface area contributed by atoms with Crippen molar-refractivity contribution in [3.05, 3.63) is 0 Å². The molecule has 0 aromatic carbocycles. The highest BCUT2D eigenvalue weighted by Gasteiger charge is 2.11. The Morgan fingerprint density at radius 3 is 2.58 bits per heavy atom. The van der Waals surface area contributed by atoms with Crippen LogP contribution in [0, 0.1) is 0 Å². The number of hydrogen-bond acceptors (Lipinski definition) is 2. The molecule has 1 unspecified atom stereocenters. The summed E-state index contributed by atoms with van der Waals surface area (Å²) in [7, 11) is 0. The van der Waals surface area contributed by atoms with Crippen molar-refractivity contribution in [1.29, 1.82) is 0 Å². The zero-order chi connectivity index (χ0) is 8.81. The second-order valence-electron chi connectivity index (χ2n) is 3.34. The van der Waals surface area contributed by atoms with Gasteiger partial charge in [0.05, 0.1) is 0 Å². The van der Waals surface area contributed by atoms with Crippen LogP contribution < -0.4 is 0 Å². The summed E-state index contributed by atoms with van der Waals surface area (Å²) in [5.41, 5.74) is 0. The van der Waals surface area contributed by atoms with E-state index in [1.165, 1.54) is 19.3 Å². The van der Waals surface area contributed by atoms with Gasteiger partial charge in [-0.05, 0) is 32.4 Å². The van der Waals surface area contributed by atoms with Gasteiger partial charge in [-0.15, -0.1) is 0 Å². The van der Waals surface area contributed by atoms with Crippen LogP contribution in [-0.4, -0.2) is 37.0 Å². The molecule has 0 N–H and O–H groups in total. The van der Waals surface area contributed by atoms with E-state index in [9.17, 15) is 9.18 Å². The Morgan fingerprint density at radius 2 is 2.00 bits per heavy atom. The number of carbonyl (C=O) groups excluding carboxylic acids is 1. The summed E-state index contributed by atoms with van der Waals surface area (Å²) in [5.74, 6) is 0. The van der Waals surface area contributed by atoms with Crippen LogP contribution in [0.3, 0.4) is 0 Å². The monoisotopic (exact) mass is 173 g/mol. The van der Waals surface area contributed by atoms with E-state index in [0.29, 0.717) is 12.7 Å². The Bertz CT molecular complexity index is 134. The van der Waals surface area contributed by atoms with Crippen LogP contribution in [0.4, 0.5) is 4.39 Å². The van der Waals surface area contributed by atoms with E-state index in [2.05, 4.69) is 4.90 Å². The van der Waals surface area contributed by atoms with Crippen LogP contribution in [0.15, 0.2) is 0 Å². The van der Waals surface area contributed by atoms with Crippen molar-refractivity contribution in [3.8, 4) is 0 Å². The number of halogens is 1. The third-order valence-electron chi connectivity index (χ3n) is 2.32. The predicted molar refractivity (Wildman–Crippen MR) is 45.9 cm³/mol. The van der Waals surface area contributed by atoms with Gasteiger partial charge in [0.15, 0.2) is 12.5 Å². The lowest BCUT2D eigenvalue weighted by molar-refractivity contribution is -0.112. The first-order valence-electron chi connectivity index (χ1n) is 4.64. The van der Waals surface area contributed by atoms with E-state index < -0.39 is 6.17 Å². The Kier molecular flexibility index (Phi) is 4.22. The van der Waals surface area contributed by atoms with E-state index >= 15 is 0 Å². The first-order chi connectivity index (χ1) is 5.83. The molecule has 70 valence electrons. The molecule has 0 bridgehead atoms. The number of carbonyl (C=O) groups is 1. The van der Waals surface area contributed by atoms with Crippen molar-refractivity contribution in [2.75, 3.05) is 19.6 Å². The maximum Gasteiger partial charge on any atom is 0.156 e. The molecular formula is C9H16FNO. The summed E-state index contributed by atoms with van der Waals surface area (Å²) in [4.78, 5) is 12.2. The SMILES string of the molecule is O=CC(F)CCN1CCCCC1. The molecule has 1 fully saturated rings. The number of rotatable bonds is 4. The number of hydrogen-bond donors (Lipinski definition) is 0. The average molecular weight is 173 g/mol. The van der Waals surface area contributed by atoms with Crippen LogP contribution in [0.1, 0.15) is 25.7 Å². The average Bonchev–Trinajstić information content (AvgIpc) is 2.16. The fraction of sp³-hybridized carbons (Fsp3) is 0.889. The van der Waals surface area contributed by atoms with Crippen LogP contribution in [0.2, 0.25) is 0 Å². The Balaban J connectivity index is 2.08. The summed E-state index contributed by atoms with van der Waals surface area (Å²) < 4.78 is 12.5. The molecule has 1 saturated heterocycles. The molecule has 1 aliphatic rings. The lowest BCUT2D eigenvalue weighted by atomic mass is 10.1. The Hall–Kier alpha value is -0.440. The van der Waals surface area contributed by atoms with Gasteiger partial charge in [-0.2, -0.15) is 0 Å². The third kappa shape index (κ3) is 3.30. The fourth-order valence-corrected chi connectivity index (χ4v) is 1.56. The first-order valence-corrected chi connectivity index (χ1v) is 4.64. The Labute approximate surface area is 72.7 Å². The number of nitrogens with zero attached hydrogens (tertiary/aromatic N) is 1. The molecule has 0 radical (unpaired) electrons. The molecule has 3 heteroatoms. The Morgan fingerprint density at radius 1 is 1.33 bits per heavy atom. The van der Waals surface area contributed by atoms with Crippen molar-refractivity contribution >= 4 is 6.29 Å². The molecule has 0 aromatic rings. The van der Waals surface area contributed by atoms with Gasteiger partial charge in [-0.25, -0.2) is 4.39 Å². The molecule has 2 nitrogen and oxygen atoms in total.